The van der Waals surface area contributed by atoms with Crippen LogP contribution in [-0.4, -0.2) is 25.4 Å². The van der Waals surface area contributed by atoms with Crippen LogP contribution in [0.4, 0.5) is 0 Å². The molecule has 0 fully saturated rings. The number of hydrogen-bond donors (Lipinski definition) is 2. The number of nitrogens with two attached hydrogens (primary N) is 1. The van der Waals surface area contributed by atoms with Gasteiger partial charge in [0.1, 0.15) is 11.5 Å². The van der Waals surface area contributed by atoms with Gasteiger partial charge in [-0.05, 0) is 25.0 Å². The topological polar surface area (TPSA) is 64.7 Å². The van der Waals surface area contributed by atoms with Gasteiger partial charge in [0, 0.05) is 11.1 Å². The van der Waals surface area contributed by atoms with E-state index in [0.717, 1.165) is 29.0 Å². The maximum absolute atomic E-state index is 9.79. The predicted octanol–water partition coefficient (Wildman–Crippen LogP) is 1.01. The molecule has 0 spiro atoms. The molecule has 1 aromatic rings. The zero-order valence-corrected chi connectivity index (χ0v) is 9.56. The van der Waals surface area contributed by atoms with Gasteiger partial charge >= 0.3 is 0 Å². The first-order valence-electron chi connectivity index (χ1n) is 5.36. The van der Waals surface area contributed by atoms with E-state index in [-0.39, 0.29) is 0 Å². The van der Waals surface area contributed by atoms with Crippen LogP contribution >= 0.6 is 0 Å². The van der Waals surface area contributed by atoms with Crippen LogP contribution in [0.1, 0.15) is 23.6 Å². The zero-order valence-electron chi connectivity index (χ0n) is 9.56. The van der Waals surface area contributed by atoms with Gasteiger partial charge in [0.15, 0.2) is 0 Å². The van der Waals surface area contributed by atoms with Crippen molar-refractivity contribution in [2.45, 2.75) is 25.0 Å². The third-order valence-electron chi connectivity index (χ3n) is 3.15. The molecule has 0 saturated heterocycles. The standard InChI is InChI=1S/C12H17NO3/c1-15-9-5-6-10(16-2)11-7(9)3-4-8(14)12(11)13/h5-6,8,12,14H,3-4,13H2,1-2H3. The van der Waals surface area contributed by atoms with Crippen molar-refractivity contribution in [3.05, 3.63) is 23.3 Å². The minimum atomic E-state index is -0.506. The maximum atomic E-state index is 9.79. The highest BCUT2D eigenvalue weighted by Crippen LogP contribution is 2.40. The lowest BCUT2D eigenvalue weighted by Crippen LogP contribution is -2.32. The number of methoxy groups -OCH3 is 2. The Labute approximate surface area is 95.0 Å². The van der Waals surface area contributed by atoms with Gasteiger partial charge in [-0.1, -0.05) is 0 Å². The molecule has 1 aliphatic carbocycles. The zero-order chi connectivity index (χ0) is 11.7. The summed E-state index contributed by atoms with van der Waals surface area (Å²) in [5.74, 6) is 1.54. The van der Waals surface area contributed by atoms with E-state index in [1.807, 2.05) is 12.1 Å². The number of fused-ring (bicyclic) bond motifs is 1. The van der Waals surface area contributed by atoms with Crippen molar-refractivity contribution in [1.82, 2.24) is 0 Å². The van der Waals surface area contributed by atoms with Crippen molar-refractivity contribution < 1.29 is 14.6 Å². The Bertz CT molecular complexity index is 392. The van der Waals surface area contributed by atoms with Crippen molar-refractivity contribution in [2.75, 3.05) is 14.2 Å². The van der Waals surface area contributed by atoms with Crippen LogP contribution in [0.15, 0.2) is 12.1 Å². The van der Waals surface area contributed by atoms with E-state index in [9.17, 15) is 5.11 Å². The molecule has 0 aliphatic heterocycles. The molecule has 4 heteroatoms. The Morgan fingerprint density at radius 1 is 1.25 bits per heavy atom. The number of aliphatic hydroxyl groups excluding tert-OH is 1. The van der Waals surface area contributed by atoms with E-state index in [1.54, 1.807) is 14.2 Å². The fourth-order valence-corrected chi connectivity index (χ4v) is 2.28. The second-order valence-electron chi connectivity index (χ2n) is 3.99. The van der Waals surface area contributed by atoms with Crippen LogP contribution in [0, 0.1) is 0 Å². The average Bonchev–Trinajstić information content (AvgIpc) is 2.32. The molecule has 4 nitrogen and oxygen atoms in total. The number of ether oxygens (including phenoxy) is 2. The lowest BCUT2D eigenvalue weighted by Gasteiger charge is -2.29. The quantitative estimate of drug-likeness (QED) is 0.785. The third-order valence-corrected chi connectivity index (χ3v) is 3.15. The third kappa shape index (κ3) is 1.64. The fraction of sp³-hybridized carbons (Fsp3) is 0.500. The summed E-state index contributed by atoms with van der Waals surface area (Å²) in [6.45, 7) is 0. The lowest BCUT2D eigenvalue weighted by atomic mass is 9.85. The van der Waals surface area contributed by atoms with Gasteiger partial charge in [-0.15, -0.1) is 0 Å². The first kappa shape index (κ1) is 11.2. The highest BCUT2D eigenvalue weighted by Gasteiger charge is 2.30. The van der Waals surface area contributed by atoms with E-state index in [1.165, 1.54) is 0 Å². The highest BCUT2D eigenvalue weighted by atomic mass is 16.5. The summed E-state index contributed by atoms with van der Waals surface area (Å²) in [7, 11) is 3.24. The Hall–Kier alpha value is -1.26. The molecular weight excluding hydrogens is 206 g/mol. The normalized spacial score (nSPS) is 23.8. The molecule has 0 aromatic heterocycles. The molecule has 2 atom stereocenters. The van der Waals surface area contributed by atoms with Crippen LogP contribution in [0.3, 0.4) is 0 Å². The molecule has 1 aliphatic rings. The Balaban J connectivity index is 2.57. The molecule has 0 heterocycles. The predicted molar refractivity (Wildman–Crippen MR) is 60.8 cm³/mol. The van der Waals surface area contributed by atoms with Crippen molar-refractivity contribution in [3.8, 4) is 11.5 Å². The summed E-state index contributed by atoms with van der Waals surface area (Å²) >= 11 is 0. The van der Waals surface area contributed by atoms with Gasteiger partial charge in [-0.2, -0.15) is 0 Å². The van der Waals surface area contributed by atoms with Crippen LogP contribution in [0.5, 0.6) is 11.5 Å². The smallest absolute Gasteiger partial charge is 0.124 e. The maximum Gasteiger partial charge on any atom is 0.124 e. The van der Waals surface area contributed by atoms with E-state index in [4.69, 9.17) is 15.2 Å². The molecule has 1 aromatic carbocycles. The number of aliphatic hydroxyl groups is 1. The van der Waals surface area contributed by atoms with Crippen LogP contribution in [0.25, 0.3) is 0 Å². The van der Waals surface area contributed by atoms with Gasteiger partial charge < -0.3 is 20.3 Å². The summed E-state index contributed by atoms with van der Waals surface area (Å²) in [6, 6.07) is 3.31. The van der Waals surface area contributed by atoms with Gasteiger partial charge in [-0.3, -0.25) is 0 Å². The fourth-order valence-electron chi connectivity index (χ4n) is 2.28. The summed E-state index contributed by atoms with van der Waals surface area (Å²) in [5.41, 5.74) is 7.94. The van der Waals surface area contributed by atoms with Crippen LogP contribution in [-0.2, 0) is 6.42 Å². The molecule has 0 bridgehead atoms. The first-order valence-corrected chi connectivity index (χ1v) is 5.36. The number of rotatable bonds is 2. The molecule has 0 radical (unpaired) electrons. The molecule has 2 unspecified atom stereocenters. The SMILES string of the molecule is COc1ccc(OC)c2c1CCC(O)C2N. The van der Waals surface area contributed by atoms with Gasteiger partial charge in [0.2, 0.25) is 0 Å². The Kier molecular flexibility index (Phi) is 3.03. The molecule has 16 heavy (non-hydrogen) atoms. The lowest BCUT2D eigenvalue weighted by molar-refractivity contribution is 0.125. The minimum absolute atomic E-state index is 0.395. The average molecular weight is 223 g/mol. The van der Waals surface area contributed by atoms with Crippen molar-refractivity contribution in [1.29, 1.82) is 0 Å². The summed E-state index contributed by atoms with van der Waals surface area (Å²) < 4.78 is 10.6. The van der Waals surface area contributed by atoms with Gasteiger partial charge in [-0.25, -0.2) is 0 Å². The first-order chi connectivity index (χ1) is 7.69. The minimum Gasteiger partial charge on any atom is -0.496 e. The van der Waals surface area contributed by atoms with Gasteiger partial charge in [0.05, 0.1) is 26.4 Å². The Morgan fingerprint density at radius 3 is 2.50 bits per heavy atom. The largest absolute Gasteiger partial charge is 0.496 e. The van der Waals surface area contributed by atoms with Crippen molar-refractivity contribution in [2.24, 2.45) is 5.73 Å². The number of hydrogen-bond acceptors (Lipinski definition) is 4. The molecule has 3 N–H and O–H groups in total. The second-order valence-corrected chi connectivity index (χ2v) is 3.99. The second kappa shape index (κ2) is 4.31. The molecular formula is C12H17NO3. The molecule has 88 valence electrons. The van der Waals surface area contributed by atoms with E-state index in [0.29, 0.717) is 6.42 Å². The van der Waals surface area contributed by atoms with E-state index in [2.05, 4.69) is 0 Å². The van der Waals surface area contributed by atoms with Gasteiger partial charge in [0.25, 0.3) is 0 Å². The van der Waals surface area contributed by atoms with E-state index >= 15 is 0 Å². The molecule has 2 rings (SSSR count). The number of benzene rings is 1. The van der Waals surface area contributed by atoms with Crippen molar-refractivity contribution >= 4 is 0 Å². The summed E-state index contributed by atoms with van der Waals surface area (Å²) in [4.78, 5) is 0. The monoisotopic (exact) mass is 223 g/mol. The summed E-state index contributed by atoms with van der Waals surface area (Å²) in [6.07, 6.45) is 0.927. The highest BCUT2D eigenvalue weighted by molar-refractivity contribution is 5.52. The molecule has 0 amide bonds. The van der Waals surface area contributed by atoms with E-state index < -0.39 is 12.1 Å². The Morgan fingerprint density at radius 2 is 1.88 bits per heavy atom. The van der Waals surface area contributed by atoms with Crippen molar-refractivity contribution in [3.63, 3.8) is 0 Å². The molecule has 0 saturated carbocycles. The summed E-state index contributed by atoms with van der Waals surface area (Å²) in [5, 5.41) is 9.79. The van der Waals surface area contributed by atoms with Crippen LogP contribution in [0.2, 0.25) is 0 Å². The van der Waals surface area contributed by atoms with Crippen LogP contribution < -0.4 is 15.2 Å².